The lowest BCUT2D eigenvalue weighted by atomic mass is 9.96. The zero-order valence-corrected chi connectivity index (χ0v) is 25.7. The van der Waals surface area contributed by atoms with E-state index in [9.17, 15) is 22.8 Å². The van der Waals surface area contributed by atoms with Crippen LogP contribution in [0.4, 0.5) is 13.2 Å². The average Bonchev–Trinajstić information content (AvgIpc) is 3.48. The summed E-state index contributed by atoms with van der Waals surface area (Å²) in [6.45, 7) is 5.21. The molecular weight excluding hydrogens is 597 g/mol. The number of piperidine rings is 1. The van der Waals surface area contributed by atoms with E-state index in [1.807, 2.05) is 34.8 Å². The van der Waals surface area contributed by atoms with Crippen LogP contribution in [0, 0.1) is 12.8 Å². The number of carbonyl (C=O) groups excluding carboxylic acids is 2. The maximum absolute atomic E-state index is 13.2. The Kier molecular flexibility index (Phi) is 9.30. The lowest BCUT2D eigenvalue weighted by Gasteiger charge is -2.32. The van der Waals surface area contributed by atoms with E-state index in [0.29, 0.717) is 42.4 Å². The van der Waals surface area contributed by atoms with Crippen LogP contribution in [0.25, 0.3) is 10.9 Å². The number of likely N-dealkylation sites (tertiary alicyclic amines) is 1. The summed E-state index contributed by atoms with van der Waals surface area (Å²) in [6, 6.07) is 14.8. The highest BCUT2D eigenvalue weighted by molar-refractivity contribution is 6.00. The topological polar surface area (TPSA) is 85.7 Å². The number of aryl methyl sites for hydroxylation is 1. The van der Waals surface area contributed by atoms with Gasteiger partial charge in [-0.1, -0.05) is 0 Å². The molecule has 0 aliphatic carbocycles. The summed E-state index contributed by atoms with van der Waals surface area (Å²) in [5, 5.41) is 8.75. The van der Waals surface area contributed by atoms with Gasteiger partial charge in [0.25, 0.3) is 11.8 Å². The quantitative estimate of drug-likeness (QED) is 0.226. The zero-order chi connectivity index (χ0) is 32.3. The molecule has 3 aromatic carbocycles. The summed E-state index contributed by atoms with van der Waals surface area (Å²) in [5.74, 6) is 0.899. The molecule has 6 rings (SSSR count). The molecule has 2 fully saturated rings. The van der Waals surface area contributed by atoms with Gasteiger partial charge >= 0.3 is 6.18 Å². The second kappa shape index (κ2) is 13.5. The third-order valence-corrected chi connectivity index (χ3v) is 8.88. The first-order valence-electron chi connectivity index (χ1n) is 15.7. The molecule has 0 unspecified atom stereocenters. The van der Waals surface area contributed by atoms with Crippen molar-refractivity contribution in [1.82, 2.24) is 20.0 Å². The maximum atomic E-state index is 13.2. The van der Waals surface area contributed by atoms with Crippen molar-refractivity contribution in [2.75, 3.05) is 26.2 Å². The minimum Gasteiger partial charge on any atom is -0.457 e. The Morgan fingerprint density at radius 3 is 2.30 bits per heavy atom. The molecule has 2 amide bonds. The van der Waals surface area contributed by atoms with Gasteiger partial charge in [0, 0.05) is 55.5 Å². The fraction of sp³-hybridized carbons (Fsp3) is 0.400. The van der Waals surface area contributed by atoms with Gasteiger partial charge in [0.2, 0.25) is 0 Å². The Morgan fingerprint density at radius 1 is 0.957 bits per heavy atom. The highest BCUT2D eigenvalue weighted by atomic mass is 19.4. The molecule has 1 aromatic heterocycles. The van der Waals surface area contributed by atoms with Crippen molar-refractivity contribution in [3.63, 3.8) is 0 Å². The van der Waals surface area contributed by atoms with Gasteiger partial charge < -0.3 is 19.7 Å². The van der Waals surface area contributed by atoms with Crippen molar-refractivity contribution in [2.45, 2.75) is 57.9 Å². The van der Waals surface area contributed by atoms with Crippen molar-refractivity contribution < 1.29 is 32.2 Å². The van der Waals surface area contributed by atoms with E-state index < -0.39 is 11.7 Å². The fourth-order valence-corrected chi connectivity index (χ4v) is 6.17. The number of aromatic nitrogens is 2. The molecule has 1 N–H and O–H groups in total. The van der Waals surface area contributed by atoms with Crippen LogP contribution in [0.2, 0.25) is 0 Å². The lowest BCUT2D eigenvalue weighted by Crippen LogP contribution is -2.39. The molecular formula is C35H37F3N4O4. The van der Waals surface area contributed by atoms with Gasteiger partial charge in [-0.15, -0.1) is 0 Å². The molecule has 3 heterocycles. The van der Waals surface area contributed by atoms with Crippen molar-refractivity contribution >= 4 is 22.7 Å². The number of halogens is 3. The van der Waals surface area contributed by atoms with Gasteiger partial charge in [-0.3, -0.25) is 14.3 Å². The van der Waals surface area contributed by atoms with Gasteiger partial charge in [0.05, 0.1) is 17.2 Å². The van der Waals surface area contributed by atoms with Crippen LogP contribution in [-0.4, -0.2) is 58.8 Å². The Bertz CT molecular complexity index is 1670. The Morgan fingerprint density at radius 2 is 1.65 bits per heavy atom. The van der Waals surface area contributed by atoms with E-state index in [1.165, 1.54) is 12.1 Å². The number of nitrogens with zero attached hydrogens (tertiary/aromatic N) is 3. The van der Waals surface area contributed by atoms with E-state index in [0.717, 1.165) is 73.9 Å². The number of fused-ring (bicyclic) bond motifs is 1. The van der Waals surface area contributed by atoms with Crippen molar-refractivity contribution in [2.24, 2.45) is 5.92 Å². The van der Waals surface area contributed by atoms with E-state index in [-0.39, 0.29) is 23.7 Å². The third kappa shape index (κ3) is 7.36. The predicted molar refractivity (Wildman–Crippen MR) is 167 cm³/mol. The van der Waals surface area contributed by atoms with Crippen LogP contribution in [0.15, 0.2) is 66.9 Å². The van der Waals surface area contributed by atoms with E-state index in [2.05, 4.69) is 5.32 Å². The second-order valence-corrected chi connectivity index (χ2v) is 12.1. The third-order valence-electron chi connectivity index (χ3n) is 8.88. The van der Waals surface area contributed by atoms with Crippen LogP contribution in [-0.2, 0) is 17.5 Å². The molecule has 46 heavy (non-hydrogen) atoms. The monoisotopic (exact) mass is 634 g/mol. The van der Waals surface area contributed by atoms with Gasteiger partial charge in [0.1, 0.15) is 11.5 Å². The standard InChI is InChI=1S/C35H37F3N4O4/c1-23-30(33(43)39-20-29-4-2-3-19-45-29)13-14-32-31(23)22-42(40-32)21-24-15-17-41(18-16-24)34(44)25-5-9-27(10-6-25)46-28-11-7-26(8-12-28)35(36,37)38/h5-14,22,24,29H,2-4,15-21H2,1H3,(H,39,43)/t29-/m1/s1. The molecule has 242 valence electrons. The van der Waals surface area contributed by atoms with E-state index in [4.69, 9.17) is 14.6 Å². The number of amides is 2. The first kappa shape index (κ1) is 31.6. The van der Waals surface area contributed by atoms with Crippen LogP contribution in [0.1, 0.15) is 63.9 Å². The van der Waals surface area contributed by atoms with Crippen LogP contribution in [0.5, 0.6) is 11.5 Å². The first-order chi connectivity index (χ1) is 22.1. The highest BCUT2D eigenvalue weighted by Gasteiger charge is 2.30. The minimum absolute atomic E-state index is 0.0687. The number of ether oxygens (including phenoxy) is 2. The fourth-order valence-electron chi connectivity index (χ4n) is 6.17. The number of alkyl halides is 3. The Balaban J connectivity index is 1.00. The summed E-state index contributed by atoms with van der Waals surface area (Å²) >= 11 is 0. The average molecular weight is 635 g/mol. The van der Waals surface area contributed by atoms with Crippen LogP contribution < -0.4 is 10.1 Å². The zero-order valence-electron chi connectivity index (χ0n) is 25.7. The largest absolute Gasteiger partial charge is 0.457 e. The summed E-state index contributed by atoms with van der Waals surface area (Å²) in [6.07, 6.45) is 2.54. The number of benzene rings is 3. The molecule has 4 aromatic rings. The van der Waals surface area contributed by atoms with Gasteiger partial charge in [0.15, 0.2) is 0 Å². The predicted octanol–water partition coefficient (Wildman–Crippen LogP) is 7.01. The maximum Gasteiger partial charge on any atom is 0.416 e. The second-order valence-electron chi connectivity index (χ2n) is 12.1. The number of carbonyl (C=O) groups is 2. The van der Waals surface area contributed by atoms with E-state index in [1.54, 1.807) is 24.3 Å². The number of rotatable bonds is 8. The van der Waals surface area contributed by atoms with Crippen molar-refractivity contribution in [3.8, 4) is 11.5 Å². The first-order valence-corrected chi connectivity index (χ1v) is 15.7. The van der Waals surface area contributed by atoms with Gasteiger partial charge in [-0.25, -0.2) is 0 Å². The molecule has 8 nitrogen and oxygen atoms in total. The SMILES string of the molecule is Cc1c(C(=O)NC[C@H]2CCCCO2)ccc2nn(CC3CCN(C(=O)c4ccc(Oc5ccc(C(F)(F)F)cc5)cc4)CC3)cc12. The molecule has 2 aliphatic heterocycles. The molecule has 0 radical (unpaired) electrons. The molecule has 1 atom stereocenters. The van der Waals surface area contributed by atoms with Crippen molar-refractivity contribution in [3.05, 3.63) is 89.1 Å². The van der Waals surface area contributed by atoms with Gasteiger partial charge in [-0.05, 0) is 111 Å². The van der Waals surface area contributed by atoms with Crippen LogP contribution in [0.3, 0.4) is 0 Å². The highest BCUT2D eigenvalue weighted by Crippen LogP contribution is 2.32. The van der Waals surface area contributed by atoms with Crippen molar-refractivity contribution in [1.29, 1.82) is 0 Å². The molecule has 2 saturated heterocycles. The number of hydrogen-bond donors (Lipinski definition) is 1. The van der Waals surface area contributed by atoms with Gasteiger partial charge in [-0.2, -0.15) is 18.3 Å². The molecule has 0 bridgehead atoms. The van der Waals surface area contributed by atoms with Crippen LogP contribution >= 0.6 is 0 Å². The normalized spacial score (nSPS) is 17.7. The Labute approximate surface area is 265 Å². The van der Waals surface area contributed by atoms with E-state index >= 15 is 0 Å². The molecule has 0 spiro atoms. The Hall–Kier alpha value is -4.38. The summed E-state index contributed by atoms with van der Waals surface area (Å²) in [4.78, 5) is 27.9. The number of nitrogens with one attached hydrogen (secondary N) is 1. The molecule has 11 heteroatoms. The molecule has 0 saturated carbocycles. The summed E-state index contributed by atoms with van der Waals surface area (Å²) in [5.41, 5.74) is 2.19. The smallest absolute Gasteiger partial charge is 0.416 e. The minimum atomic E-state index is -4.41. The number of hydrogen-bond acceptors (Lipinski definition) is 5. The summed E-state index contributed by atoms with van der Waals surface area (Å²) < 4.78 is 51.7. The lowest BCUT2D eigenvalue weighted by molar-refractivity contribution is -0.137. The summed E-state index contributed by atoms with van der Waals surface area (Å²) in [7, 11) is 0. The molecule has 2 aliphatic rings.